The number of halogens is 1. The molecule has 2 bridgehead atoms. The minimum atomic E-state index is -1.08. The Morgan fingerprint density at radius 3 is 2.71 bits per heavy atom. The molecule has 24 heavy (non-hydrogen) atoms. The van der Waals surface area contributed by atoms with Gasteiger partial charge in [-0.2, -0.15) is 5.26 Å². The Hall–Kier alpha value is -2.01. The lowest BCUT2D eigenvalue weighted by molar-refractivity contribution is -0.132. The zero-order chi connectivity index (χ0) is 17.4. The van der Waals surface area contributed by atoms with Crippen molar-refractivity contribution < 1.29 is 19.4 Å². The number of rotatable bonds is 1. The number of amides is 2. The molecule has 4 rings (SSSR count). The van der Waals surface area contributed by atoms with E-state index in [1.54, 1.807) is 13.8 Å². The fourth-order valence-electron chi connectivity index (χ4n) is 4.41. The summed E-state index contributed by atoms with van der Waals surface area (Å²) in [5.74, 6) is -2.20. The fourth-order valence-corrected chi connectivity index (χ4v) is 4.61. The van der Waals surface area contributed by atoms with Crippen LogP contribution in [-0.2, 0) is 14.3 Å². The smallest absolute Gasteiger partial charge is 0.240 e. The van der Waals surface area contributed by atoms with E-state index >= 15 is 0 Å². The maximum absolute atomic E-state index is 12.9. The fraction of sp³-hybridized carbons (Fsp3) is 0.500. The molecule has 3 saturated heterocycles. The Labute approximate surface area is 142 Å². The molecule has 1 N–H and O–H groups in total. The lowest BCUT2D eigenvalue weighted by Crippen LogP contribution is -2.49. The molecule has 1 aromatic rings. The van der Waals surface area contributed by atoms with Gasteiger partial charge in [-0.15, -0.1) is 0 Å². The largest absolute Gasteiger partial charge is 0.390 e. The molecule has 4 heterocycles. The lowest BCUT2D eigenvalue weighted by Gasteiger charge is -2.31. The highest BCUT2D eigenvalue weighted by molar-refractivity contribution is 6.32. The number of carbonyl (C=O) groups excluding carboxylic acids is 2. The third-order valence-corrected chi connectivity index (χ3v) is 5.77. The second kappa shape index (κ2) is 4.54. The molecule has 2 unspecified atom stereocenters. The van der Waals surface area contributed by atoms with Crippen LogP contribution in [0.3, 0.4) is 0 Å². The van der Waals surface area contributed by atoms with Crippen molar-refractivity contribution in [1.82, 2.24) is 4.98 Å². The standard InChI is InChI=1S/C16H14ClN3O4/c1-15-4-10(21)16(2,24-15)12-11(15)13(22)20(14(12)23)7-3-8(17)9(5-18)19-6-7/h3,6,10-12,21H,4H2,1-2H3/t10-,11+,12-,15?,16?/m0/s1. The average molecular weight is 348 g/mol. The number of hydrogen-bond acceptors (Lipinski definition) is 6. The number of pyridine rings is 1. The summed E-state index contributed by atoms with van der Waals surface area (Å²) < 4.78 is 5.91. The second-order valence-corrected chi connectivity index (χ2v) is 7.33. The van der Waals surface area contributed by atoms with Gasteiger partial charge in [-0.25, -0.2) is 9.88 Å². The van der Waals surface area contributed by atoms with E-state index in [2.05, 4.69) is 4.98 Å². The Morgan fingerprint density at radius 1 is 1.42 bits per heavy atom. The van der Waals surface area contributed by atoms with Crippen molar-refractivity contribution >= 4 is 29.1 Å². The molecule has 1 aromatic heterocycles. The Bertz CT molecular complexity index is 837. The Morgan fingerprint density at radius 2 is 2.08 bits per heavy atom. The first kappa shape index (κ1) is 15.5. The predicted molar refractivity (Wildman–Crippen MR) is 82.0 cm³/mol. The summed E-state index contributed by atoms with van der Waals surface area (Å²) in [6.45, 7) is 3.43. The van der Waals surface area contributed by atoms with E-state index in [0.29, 0.717) is 6.42 Å². The summed E-state index contributed by atoms with van der Waals surface area (Å²) in [6.07, 6.45) is 0.790. The van der Waals surface area contributed by atoms with E-state index in [1.807, 2.05) is 6.07 Å². The minimum Gasteiger partial charge on any atom is -0.390 e. The van der Waals surface area contributed by atoms with Crippen molar-refractivity contribution in [2.45, 2.75) is 37.6 Å². The van der Waals surface area contributed by atoms with Crippen LogP contribution in [0.2, 0.25) is 5.02 Å². The molecule has 5 atom stereocenters. The number of aliphatic hydroxyl groups excluding tert-OH is 1. The van der Waals surface area contributed by atoms with Crippen molar-refractivity contribution in [3.63, 3.8) is 0 Å². The molecule has 0 aliphatic carbocycles. The van der Waals surface area contributed by atoms with Crippen LogP contribution >= 0.6 is 11.6 Å². The normalized spacial score (nSPS) is 40.1. The van der Waals surface area contributed by atoms with Gasteiger partial charge >= 0.3 is 0 Å². The van der Waals surface area contributed by atoms with Crippen molar-refractivity contribution in [1.29, 1.82) is 5.26 Å². The van der Waals surface area contributed by atoms with Crippen molar-refractivity contribution in [3.8, 4) is 6.07 Å². The first-order valence-electron chi connectivity index (χ1n) is 7.54. The molecule has 3 aliphatic rings. The molecule has 0 saturated carbocycles. The number of nitriles is 1. The zero-order valence-corrected chi connectivity index (χ0v) is 13.7. The maximum Gasteiger partial charge on any atom is 0.240 e. The van der Waals surface area contributed by atoms with Gasteiger partial charge in [-0.1, -0.05) is 11.6 Å². The molecule has 8 heteroatoms. The van der Waals surface area contributed by atoms with Crippen molar-refractivity contribution in [3.05, 3.63) is 23.0 Å². The van der Waals surface area contributed by atoms with E-state index in [1.165, 1.54) is 12.3 Å². The monoisotopic (exact) mass is 347 g/mol. The van der Waals surface area contributed by atoms with Crippen LogP contribution in [0.1, 0.15) is 26.0 Å². The van der Waals surface area contributed by atoms with Crippen LogP contribution in [0.4, 0.5) is 5.69 Å². The summed E-state index contributed by atoms with van der Waals surface area (Å²) >= 11 is 5.97. The number of hydrogen-bond donors (Lipinski definition) is 1. The topological polar surface area (TPSA) is 104 Å². The molecule has 0 spiro atoms. The number of fused-ring (bicyclic) bond motifs is 5. The highest BCUT2D eigenvalue weighted by atomic mass is 35.5. The summed E-state index contributed by atoms with van der Waals surface area (Å²) in [5.41, 5.74) is -1.70. The molecule has 0 aromatic carbocycles. The summed E-state index contributed by atoms with van der Waals surface area (Å²) in [7, 11) is 0. The third kappa shape index (κ3) is 1.66. The zero-order valence-electron chi connectivity index (χ0n) is 13.0. The predicted octanol–water partition coefficient (Wildman–Crippen LogP) is 1.02. The highest BCUT2D eigenvalue weighted by Crippen LogP contribution is 2.60. The highest BCUT2D eigenvalue weighted by Gasteiger charge is 2.75. The molecular weight excluding hydrogens is 334 g/mol. The lowest BCUT2D eigenvalue weighted by atomic mass is 9.67. The van der Waals surface area contributed by atoms with Gasteiger partial charge < -0.3 is 9.84 Å². The number of nitrogens with zero attached hydrogens (tertiary/aromatic N) is 3. The van der Waals surface area contributed by atoms with Gasteiger partial charge in [0.25, 0.3) is 0 Å². The summed E-state index contributed by atoms with van der Waals surface area (Å²) in [5, 5.41) is 19.3. The number of carbonyl (C=O) groups is 2. The number of anilines is 1. The van der Waals surface area contributed by atoms with Crippen LogP contribution in [0.15, 0.2) is 12.3 Å². The van der Waals surface area contributed by atoms with Gasteiger partial charge in [-0.3, -0.25) is 9.59 Å². The van der Waals surface area contributed by atoms with E-state index in [-0.39, 0.29) is 22.3 Å². The molecule has 2 amide bonds. The third-order valence-electron chi connectivity index (χ3n) is 5.49. The van der Waals surface area contributed by atoms with Crippen molar-refractivity contribution in [2.75, 3.05) is 4.90 Å². The quantitative estimate of drug-likeness (QED) is 0.761. The minimum absolute atomic E-state index is 0.0254. The number of ether oxygens (including phenoxy) is 1. The summed E-state index contributed by atoms with van der Waals surface area (Å²) in [6, 6.07) is 3.22. The van der Waals surface area contributed by atoms with Gasteiger partial charge in [0.05, 0.1) is 40.4 Å². The molecule has 3 aliphatic heterocycles. The second-order valence-electron chi connectivity index (χ2n) is 6.92. The summed E-state index contributed by atoms with van der Waals surface area (Å²) in [4.78, 5) is 30.8. The van der Waals surface area contributed by atoms with Gasteiger partial charge in [0.2, 0.25) is 11.8 Å². The van der Waals surface area contributed by atoms with Crippen LogP contribution in [0, 0.1) is 23.2 Å². The molecule has 7 nitrogen and oxygen atoms in total. The molecule has 124 valence electrons. The van der Waals surface area contributed by atoms with Gasteiger partial charge in [0.15, 0.2) is 5.69 Å². The van der Waals surface area contributed by atoms with Gasteiger partial charge in [0, 0.05) is 6.42 Å². The van der Waals surface area contributed by atoms with Crippen LogP contribution in [0.5, 0.6) is 0 Å². The van der Waals surface area contributed by atoms with Crippen LogP contribution in [0.25, 0.3) is 0 Å². The average Bonchev–Trinajstić information content (AvgIpc) is 3.01. The van der Waals surface area contributed by atoms with E-state index in [9.17, 15) is 14.7 Å². The van der Waals surface area contributed by atoms with E-state index < -0.39 is 35.0 Å². The molecule has 0 radical (unpaired) electrons. The first-order valence-corrected chi connectivity index (χ1v) is 7.92. The van der Waals surface area contributed by atoms with E-state index in [0.717, 1.165) is 4.90 Å². The molecular formula is C16H14ClN3O4. The maximum atomic E-state index is 12.9. The van der Waals surface area contributed by atoms with Crippen LogP contribution < -0.4 is 4.90 Å². The van der Waals surface area contributed by atoms with Crippen LogP contribution in [-0.4, -0.2) is 39.2 Å². The first-order chi connectivity index (χ1) is 11.2. The van der Waals surface area contributed by atoms with Crippen molar-refractivity contribution in [2.24, 2.45) is 11.8 Å². The Kier molecular flexibility index (Phi) is 2.93. The number of aliphatic hydroxyl groups is 1. The SMILES string of the molecule is CC12C[C@H](O)C(C)(O1)[C@@H]1C(=O)N(c3cnc(C#N)c(Cl)c3)C(=O)[C@@H]12. The van der Waals surface area contributed by atoms with E-state index in [4.69, 9.17) is 21.6 Å². The Balaban J connectivity index is 1.79. The van der Waals surface area contributed by atoms with Gasteiger partial charge in [0.1, 0.15) is 11.7 Å². The number of imide groups is 1. The van der Waals surface area contributed by atoms with Gasteiger partial charge in [-0.05, 0) is 19.9 Å². The number of aromatic nitrogens is 1. The molecule has 3 fully saturated rings.